The van der Waals surface area contributed by atoms with Crippen molar-refractivity contribution in [1.82, 2.24) is 14.7 Å². The fourth-order valence-corrected chi connectivity index (χ4v) is 3.72. The van der Waals surface area contributed by atoms with Gasteiger partial charge in [-0.15, -0.1) is 12.4 Å². The van der Waals surface area contributed by atoms with Gasteiger partial charge in [0.2, 0.25) is 11.8 Å². The van der Waals surface area contributed by atoms with Crippen LogP contribution in [0.5, 0.6) is 0 Å². The van der Waals surface area contributed by atoms with Crippen molar-refractivity contribution in [3.05, 3.63) is 30.2 Å². The van der Waals surface area contributed by atoms with Crippen LogP contribution in [0.15, 0.2) is 29.1 Å². The molecule has 29 heavy (non-hydrogen) atoms. The van der Waals surface area contributed by atoms with E-state index in [0.717, 1.165) is 31.5 Å². The number of nitrogens with zero attached hydrogens (tertiary/aromatic N) is 3. The van der Waals surface area contributed by atoms with E-state index in [-0.39, 0.29) is 37.9 Å². The van der Waals surface area contributed by atoms with Gasteiger partial charge in [0.1, 0.15) is 6.42 Å². The van der Waals surface area contributed by atoms with E-state index in [4.69, 9.17) is 4.42 Å². The van der Waals surface area contributed by atoms with Crippen LogP contribution in [0.25, 0.3) is 6.08 Å². The van der Waals surface area contributed by atoms with Crippen LogP contribution in [-0.4, -0.2) is 78.0 Å². The van der Waals surface area contributed by atoms with Gasteiger partial charge in [-0.3, -0.25) is 9.59 Å². The third-order valence-electron chi connectivity index (χ3n) is 5.10. The third kappa shape index (κ3) is 6.78. The van der Waals surface area contributed by atoms with Crippen LogP contribution in [-0.2, 0) is 9.59 Å². The molecule has 0 N–H and O–H groups in total. The van der Waals surface area contributed by atoms with Gasteiger partial charge in [-0.2, -0.15) is 13.2 Å². The highest BCUT2D eigenvalue weighted by molar-refractivity contribution is 5.92. The van der Waals surface area contributed by atoms with Crippen molar-refractivity contribution in [2.24, 2.45) is 0 Å². The second-order valence-corrected chi connectivity index (χ2v) is 7.21. The highest BCUT2D eigenvalue weighted by atomic mass is 35.5. The van der Waals surface area contributed by atoms with Crippen molar-refractivity contribution >= 4 is 30.3 Å². The van der Waals surface area contributed by atoms with Gasteiger partial charge >= 0.3 is 6.18 Å². The van der Waals surface area contributed by atoms with Crippen LogP contribution in [0.3, 0.4) is 0 Å². The molecule has 2 fully saturated rings. The maximum absolute atomic E-state index is 12.7. The summed E-state index contributed by atoms with van der Waals surface area (Å²) in [6.07, 6.45) is 2.15. The van der Waals surface area contributed by atoms with Gasteiger partial charge in [0.25, 0.3) is 0 Å². The zero-order chi connectivity index (χ0) is 20.1. The topological polar surface area (TPSA) is 57.0 Å². The van der Waals surface area contributed by atoms with E-state index in [1.165, 1.54) is 23.5 Å². The number of likely N-dealkylation sites (tertiary alicyclic amines) is 1. The Labute approximate surface area is 173 Å². The minimum absolute atomic E-state index is 0. The van der Waals surface area contributed by atoms with Crippen LogP contribution in [0.1, 0.15) is 24.8 Å². The molecule has 162 valence electrons. The Morgan fingerprint density at radius 2 is 1.90 bits per heavy atom. The maximum Gasteiger partial charge on any atom is 0.397 e. The number of hydrogen-bond donors (Lipinski definition) is 0. The summed E-state index contributed by atoms with van der Waals surface area (Å²) in [6.45, 7) is 2.78. The first-order chi connectivity index (χ1) is 13.3. The highest BCUT2D eigenvalue weighted by Crippen LogP contribution is 2.23. The van der Waals surface area contributed by atoms with E-state index in [1.54, 1.807) is 17.0 Å². The first-order valence-electron chi connectivity index (χ1n) is 9.39. The second-order valence-electron chi connectivity index (χ2n) is 7.21. The van der Waals surface area contributed by atoms with Crippen molar-refractivity contribution in [1.29, 1.82) is 0 Å². The molecule has 0 spiro atoms. The molecule has 6 nitrogen and oxygen atoms in total. The molecule has 3 rings (SSSR count). The molecule has 0 radical (unpaired) electrons. The van der Waals surface area contributed by atoms with Gasteiger partial charge in [0.05, 0.1) is 18.6 Å². The van der Waals surface area contributed by atoms with Crippen molar-refractivity contribution in [2.75, 3.05) is 39.3 Å². The fraction of sp³-hybridized carbons (Fsp3) is 0.579. The first-order valence-corrected chi connectivity index (χ1v) is 9.39. The largest absolute Gasteiger partial charge is 0.472 e. The molecule has 1 aromatic heterocycles. The number of carbonyl (C=O) groups is 2. The first kappa shape index (κ1) is 23.3. The zero-order valence-electron chi connectivity index (χ0n) is 15.9. The Bertz CT molecular complexity index is 703. The van der Waals surface area contributed by atoms with Crippen LogP contribution in [0.2, 0.25) is 0 Å². The van der Waals surface area contributed by atoms with Gasteiger partial charge in [-0.1, -0.05) is 0 Å². The minimum atomic E-state index is -4.53. The lowest BCUT2D eigenvalue weighted by Gasteiger charge is -2.42. The van der Waals surface area contributed by atoms with Crippen LogP contribution < -0.4 is 0 Å². The number of amides is 2. The summed E-state index contributed by atoms with van der Waals surface area (Å²) < 4.78 is 43.0. The number of halogens is 4. The lowest BCUT2D eigenvalue weighted by Crippen LogP contribution is -2.59. The Kier molecular flexibility index (Phi) is 8.15. The summed E-state index contributed by atoms with van der Waals surface area (Å²) >= 11 is 0. The number of hydrogen-bond acceptors (Lipinski definition) is 4. The lowest BCUT2D eigenvalue weighted by atomic mass is 10.1. The summed E-state index contributed by atoms with van der Waals surface area (Å²) in [5.41, 5.74) is 0.751. The van der Waals surface area contributed by atoms with E-state index in [2.05, 4.69) is 4.90 Å². The molecule has 1 unspecified atom stereocenters. The molecular weight excluding hydrogens is 411 g/mol. The molecule has 1 atom stereocenters. The molecule has 2 aliphatic rings. The standard InChI is InChI=1S/C19H24F3N3O3.ClH/c20-19(21,22)11-18(27)25-9-8-24(13-16(25)12-23-6-1-2-7-23)17(26)4-3-15-5-10-28-14-15;/h3-5,10,14,16H,1-2,6-9,11-13H2;1H/b4-3+;. The molecular formula is C19H25ClF3N3O3. The molecule has 0 aromatic carbocycles. The van der Waals surface area contributed by atoms with Crippen LogP contribution >= 0.6 is 12.4 Å². The van der Waals surface area contributed by atoms with Gasteiger partial charge in [0.15, 0.2) is 0 Å². The Balaban J connectivity index is 0.00000300. The Hall–Kier alpha value is -2.00. The fourth-order valence-electron chi connectivity index (χ4n) is 3.72. The number of furan rings is 1. The van der Waals surface area contributed by atoms with E-state index < -0.39 is 24.5 Å². The highest BCUT2D eigenvalue weighted by Gasteiger charge is 2.39. The minimum Gasteiger partial charge on any atom is -0.472 e. The normalized spacial score (nSPS) is 20.9. The number of carbonyl (C=O) groups excluding carboxylic acids is 2. The van der Waals surface area contributed by atoms with Crippen molar-refractivity contribution in [3.63, 3.8) is 0 Å². The molecule has 0 aliphatic carbocycles. The molecule has 1 aromatic rings. The van der Waals surface area contributed by atoms with Crippen LogP contribution in [0.4, 0.5) is 13.2 Å². The molecule has 3 heterocycles. The number of piperazine rings is 1. The number of rotatable bonds is 5. The maximum atomic E-state index is 12.7. The summed E-state index contributed by atoms with van der Waals surface area (Å²) in [5.74, 6) is -1.15. The zero-order valence-corrected chi connectivity index (χ0v) is 16.8. The number of alkyl halides is 3. The lowest BCUT2D eigenvalue weighted by molar-refractivity contribution is -0.166. The monoisotopic (exact) mass is 435 g/mol. The van der Waals surface area contributed by atoms with Crippen LogP contribution in [0, 0.1) is 0 Å². The van der Waals surface area contributed by atoms with Crippen molar-refractivity contribution < 1.29 is 27.2 Å². The van der Waals surface area contributed by atoms with Crippen molar-refractivity contribution in [2.45, 2.75) is 31.5 Å². The van der Waals surface area contributed by atoms with E-state index in [1.807, 2.05) is 0 Å². The molecule has 10 heteroatoms. The smallest absolute Gasteiger partial charge is 0.397 e. The average molecular weight is 436 g/mol. The molecule has 0 saturated carbocycles. The third-order valence-corrected chi connectivity index (χ3v) is 5.10. The van der Waals surface area contributed by atoms with Gasteiger partial charge < -0.3 is 19.1 Å². The predicted octanol–water partition coefficient (Wildman–Crippen LogP) is 2.80. The Morgan fingerprint density at radius 3 is 2.52 bits per heavy atom. The van der Waals surface area contributed by atoms with E-state index >= 15 is 0 Å². The molecule has 0 bridgehead atoms. The van der Waals surface area contributed by atoms with Gasteiger partial charge in [0, 0.05) is 37.8 Å². The summed E-state index contributed by atoms with van der Waals surface area (Å²) in [6, 6.07) is 1.28. The molecule has 2 saturated heterocycles. The van der Waals surface area contributed by atoms with E-state index in [0.29, 0.717) is 6.54 Å². The molecule has 2 amide bonds. The summed E-state index contributed by atoms with van der Waals surface area (Å²) in [5, 5.41) is 0. The Morgan fingerprint density at radius 1 is 1.17 bits per heavy atom. The predicted molar refractivity (Wildman–Crippen MR) is 103 cm³/mol. The average Bonchev–Trinajstić information content (AvgIpc) is 3.32. The molecule has 2 aliphatic heterocycles. The van der Waals surface area contributed by atoms with Gasteiger partial charge in [-0.05, 0) is 38.1 Å². The second kappa shape index (κ2) is 10.2. The van der Waals surface area contributed by atoms with Gasteiger partial charge in [-0.25, -0.2) is 0 Å². The quantitative estimate of drug-likeness (QED) is 0.667. The summed E-state index contributed by atoms with van der Waals surface area (Å²) in [7, 11) is 0. The van der Waals surface area contributed by atoms with Crippen molar-refractivity contribution in [3.8, 4) is 0 Å². The van der Waals surface area contributed by atoms with E-state index in [9.17, 15) is 22.8 Å². The summed E-state index contributed by atoms with van der Waals surface area (Å²) in [4.78, 5) is 29.7. The SMILES string of the molecule is Cl.O=C(/C=C/c1ccoc1)N1CCN(C(=O)CC(F)(F)F)C(CN2CCCC2)C1.